The highest BCUT2D eigenvalue weighted by atomic mass is 16.7. The Morgan fingerprint density at radius 3 is 1.04 bits per heavy atom. The monoisotopic (exact) mass is 1130 g/mol. The van der Waals surface area contributed by atoms with Crippen molar-refractivity contribution in [3.05, 3.63) is 85.1 Å². The molecule has 0 spiro atoms. The number of ether oxygens (including phenoxy) is 4. The van der Waals surface area contributed by atoms with Crippen LogP contribution in [0.1, 0.15) is 296 Å². The third-order valence-electron chi connectivity index (χ3n) is 14.7. The van der Waals surface area contributed by atoms with E-state index in [2.05, 4.69) is 98.9 Å². The van der Waals surface area contributed by atoms with Gasteiger partial charge in [-0.05, 0) is 64.2 Å². The summed E-state index contributed by atoms with van der Waals surface area (Å²) in [7, 11) is 5.95. The summed E-state index contributed by atoms with van der Waals surface area (Å²) in [5.41, 5.74) is 0. The smallest absolute Gasteiger partial charge is 0.361 e. The van der Waals surface area contributed by atoms with E-state index in [0.717, 1.165) is 70.6 Å². The molecule has 0 bridgehead atoms. The number of unbranched alkanes of at least 4 members (excludes halogenated alkanes) is 33. The lowest BCUT2D eigenvalue weighted by Gasteiger charge is -2.25. The lowest BCUT2D eigenvalue weighted by molar-refractivity contribution is -0.870. The first-order valence-corrected chi connectivity index (χ1v) is 33.8. The number of nitrogens with zero attached hydrogens (tertiary/aromatic N) is 1. The van der Waals surface area contributed by atoms with E-state index in [1.54, 1.807) is 0 Å². The number of rotatable bonds is 62. The largest absolute Gasteiger partial charge is 0.477 e. The van der Waals surface area contributed by atoms with Gasteiger partial charge in [0.1, 0.15) is 13.2 Å². The molecule has 0 aromatic carbocycles. The molecule has 0 saturated carbocycles. The van der Waals surface area contributed by atoms with Gasteiger partial charge in [0, 0.05) is 12.8 Å². The highest BCUT2D eigenvalue weighted by Crippen LogP contribution is 2.18. The standard InChI is InChI=1S/C72H127NO8/c1-6-8-10-12-14-16-18-20-22-24-26-28-30-31-32-33-34-35-36-37-38-39-41-42-44-46-48-50-52-54-56-58-60-62-69(74)79-66-68(67-80-72(71(76)77)78-65-64-73(3,4)5)81-70(75)63-61-59-57-55-53-51-49-47-45-43-40-29-27-25-23-21-19-17-15-13-11-9-7-2/h9,11,15,17,21,23,27,29,43,45,49,51,55,57,68,72H,6-8,10,12-14,16,18-20,22,24-26,28,30-42,44,46-48,50,52-54,56,58-67H2,1-5H3/p+1/b11-9-,17-15-,23-21-,29-27-,45-43-,51-49-,57-55-. The SMILES string of the molecule is CC/C=C\C/C=C\C/C=C\C/C=C\C/C=C\C/C=C\C/C=C\CCCC(=O)OC(COC(=O)CCCCCCCCCCCCCCCCCCCCCCCCCCCCCCCCCCC)COC(OCC[N+](C)(C)C)C(=O)O. The maximum atomic E-state index is 12.9. The van der Waals surface area contributed by atoms with E-state index in [1.165, 1.54) is 193 Å². The zero-order chi connectivity index (χ0) is 59.1. The molecule has 1 N–H and O–H groups in total. The van der Waals surface area contributed by atoms with Gasteiger partial charge >= 0.3 is 17.9 Å². The summed E-state index contributed by atoms with van der Waals surface area (Å²) < 4.78 is 22.9. The minimum Gasteiger partial charge on any atom is -0.477 e. The van der Waals surface area contributed by atoms with Crippen LogP contribution in [-0.4, -0.2) is 87.4 Å². The summed E-state index contributed by atoms with van der Waals surface area (Å²) in [5.74, 6) is -2.08. The summed E-state index contributed by atoms with van der Waals surface area (Å²) >= 11 is 0. The van der Waals surface area contributed by atoms with Gasteiger partial charge in [-0.25, -0.2) is 4.79 Å². The number of carbonyl (C=O) groups is 3. The van der Waals surface area contributed by atoms with Gasteiger partial charge in [-0.15, -0.1) is 0 Å². The Hall–Kier alpha value is -3.53. The third kappa shape index (κ3) is 63.9. The van der Waals surface area contributed by atoms with Crippen LogP contribution in [0.25, 0.3) is 0 Å². The van der Waals surface area contributed by atoms with Crippen molar-refractivity contribution >= 4 is 17.9 Å². The highest BCUT2D eigenvalue weighted by Gasteiger charge is 2.25. The van der Waals surface area contributed by atoms with Crippen LogP contribution in [0.4, 0.5) is 0 Å². The van der Waals surface area contributed by atoms with Crippen molar-refractivity contribution in [1.29, 1.82) is 0 Å². The molecule has 0 aliphatic heterocycles. The molecule has 0 aromatic rings. The maximum Gasteiger partial charge on any atom is 0.361 e. The molecule has 2 unspecified atom stereocenters. The molecular formula is C72H128NO8+. The second-order valence-corrected chi connectivity index (χ2v) is 23.8. The van der Waals surface area contributed by atoms with E-state index in [-0.39, 0.29) is 38.6 Å². The van der Waals surface area contributed by atoms with Crippen LogP contribution in [0, 0.1) is 0 Å². The van der Waals surface area contributed by atoms with Crippen molar-refractivity contribution in [2.24, 2.45) is 0 Å². The molecule has 0 rings (SSSR count). The first-order valence-electron chi connectivity index (χ1n) is 33.8. The number of quaternary nitrogens is 1. The third-order valence-corrected chi connectivity index (χ3v) is 14.7. The number of hydrogen-bond acceptors (Lipinski definition) is 7. The van der Waals surface area contributed by atoms with E-state index < -0.39 is 24.3 Å². The number of hydrogen-bond donors (Lipinski definition) is 1. The van der Waals surface area contributed by atoms with Gasteiger partial charge in [-0.3, -0.25) is 9.59 Å². The molecular weight excluding hydrogens is 1010 g/mol. The average molecular weight is 1140 g/mol. The van der Waals surface area contributed by atoms with Crippen LogP contribution < -0.4 is 0 Å². The summed E-state index contributed by atoms with van der Waals surface area (Å²) in [6.45, 7) is 4.73. The minimum absolute atomic E-state index is 0.174. The Labute approximate surface area is 500 Å². The van der Waals surface area contributed by atoms with Gasteiger partial charge in [-0.1, -0.05) is 304 Å². The fraction of sp³-hybridized carbons (Fsp3) is 0.764. The highest BCUT2D eigenvalue weighted by molar-refractivity contribution is 5.71. The molecule has 9 heteroatoms. The lowest BCUT2D eigenvalue weighted by atomic mass is 10.0. The van der Waals surface area contributed by atoms with E-state index in [4.69, 9.17) is 18.9 Å². The van der Waals surface area contributed by atoms with Gasteiger partial charge in [-0.2, -0.15) is 0 Å². The molecule has 0 radical (unpaired) electrons. The van der Waals surface area contributed by atoms with E-state index >= 15 is 0 Å². The first kappa shape index (κ1) is 77.5. The normalized spacial score (nSPS) is 13.2. The van der Waals surface area contributed by atoms with Gasteiger partial charge in [0.05, 0.1) is 34.4 Å². The average Bonchev–Trinajstić information content (AvgIpc) is 3.44. The van der Waals surface area contributed by atoms with Crippen molar-refractivity contribution < 1.29 is 42.9 Å². The van der Waals surface area contributed by atoms with Crippen LogP contribution in [0.5, 0.6) is 0 Å². The molecule has 0 heterocycles. The van der Waals surface area contributed by atoms with E-state index in [1.807, 2.05) is 21.1 Å². The zero-order valence-corrected chi connectivity index (χ0v) is 53.4. The zero-order valence-electron chi connectivity index (χ0n) is 53.4. The Morgan fingerprint density at radius 1 is 0.383 bits per heavy atom. The molecule has 0 amide bonds. The second kappa shape index (κ2) is 62.5. The Morgan fingerprint density at radius 2 is 0.704 bits per heavy atom. The fourth-order valence-electron chi connectivity index (χ4n) is 9.54. The molecule has 81 heavy (non-hydrogen) atoms. The number of aliphatic carboxylic acids is 1. The van der Waals surface area contributed by atoms with Crippen LogP contribution in [0.2, 0.25) is 0 Å². The number of carbonyl (C=O) groups excluding carboxylic acids is 2. The Bertz CT molecular complexity index is 1600. The van der Waals surface area contributed by atoms with Crippen LogP contribution >= 0.6 is 0 Å². The summed E-state index contributed by atoms with van der Waals surface area (Å²) in [6, 6.07) is 0. The molecule has 0 fully saturated rings. The molecule has 468 valence electrons. The van der Waals surface area contributed by atoms with Crippen molar-refractivity contribution in [3.63, 3.8) is 0 Å². The lowest BCUT2D eigenvalue weighted by Crippen LogP contribution is -2.40. The molecule has 9 nitrogen and oxygen atoms in total. The van der Waals surface area contributed by atoms with Crippen LogP contribution in [0.3, 0.4) is 0 Å². The number of esters is 2. The predicted octanol–water partition coefficient (Wildman–Crippen LogP) is 20.7. The van der Waals surface area contributed by atoms with Gasteiger partial charge in [0.15, 0.2) is 6.10 Å². The van der Waals surface area contributed by atoms with Crippen LogP contribution in [-0.2, 0) is 33.3 Å². The molecule has 2 atom stereocenters. The number of allylic oxidation sites excluding steroid dienone is 14. The van der Waals surface area contributed by atoms with Crippen molar-refractivity contribution in [3.8, 4) is 0 Å². The molecule has 0 aliphatic rings. The Kier molecular flexibility index (Phi) is 59.8. The van der Waals surface area contributed by atoms with Gasteiger partial charge < -0.3 is 28.5 Å². The van der Waals surface area contributed by atoms with Crippen LogP contribution in [0.15, 0.2) is 85.1 Å². The number of likely N-dealkylation sites (N-methyl/N-ethyl adjacent to an activating group) is 1. The maximum absolute atomic E-state index is 12.9. The Balaban J connectivity index is 4.15. The first-order chi connectivity index (χ1) is 39.6. The van der Waals surface area contributed by atoms with Crippen molar-refractivity contribution in [2.75, 3.05) is 47.5 Å². The minimum atomic E-state index is -1.53. The summed E-state index contributed by atoms with van der Waals surface area (Å²) in [6.07, 6.45) is 81.5. The predicted molar refractivity (Wildman–Crippen MR) is 346 cm³/mol. The number of carboxylic acid groups (broad SMARTS) is 1. The molecule has 0 saturated heterocycles. The quantitative estimate of drug-likeness (QED) is 0.0211. The second-order valence-electron chi connectivity index (χ2n) is 23.8. The fourth-order valence-corrected chi connectivity index (χ4v) is 9.54. The number of carboxylic acids is 1. The topological polar surface area (TPSA) is 108 Å². The van der Waals surface area contributed by atoms with Crippen molar-refractivity contribution in [2.45, 2.75) is 309 Å². The van der Waals surface area contributed by atoms with Gasteiger partial charge in [0.2, 0.25) is 0 Å². The van der Waals surface area contributed by atoms with E-state index in [9.17, 15) is 19.5 Å². The molecule has 0 aliphatic carbocycles. The van der Waals surface area contributed by atoms with Crippen molar-refractivity contribution in [1.82, 2.24) is 0 Å². The molecule has 0 aromatic heterocycles. The van der Waals surface area contributed by atoms with Gasteiger partial charge in [0.25, 0.3) is 6.29 Å². The summed E-state index contributed by atoms with van der Waals surface area (Å²) in [5, 5.41) is 9.72. The summed E-state index contributed by atoms with van der Waals surface area (Å²) in [4.78, 5) is 37.5. The van der Waals surface area contributed by atoms with E-state index in [0.29, 0.717) is 17.4 Å².